The van der Waals surface area contributed by atoms with Crippen LogP contribution in [0.1, 0.15) is 29.8 Å². The molecule has 1 amide bonds. The molecule has 0 unspecified atom stereocenters. The SMILES string of the molecule is CCOC(=O)Cn1c(=NC(=O)c2cccc(C)c2)sc2cccc(OCC)c21. The molecule has 6 nitrogen and oxygen atoms in total. The van der Waals surface area contributed by atoms with E-state index in [9.17, 15) is 9.59 Å². The highest BCUT2D eigenvalue weighted by Crippen LogP contribution is 2.27. The van der Waals surface area contributed by atoms with Gasteiger partial charge in [-0.05, 0) is 45.0 Å². The Morgan fingerprint density at radius 2 is 1.89 bits per heavy atom. The van der Waals surface area contributed by atoms with Gasteiger partial charge in [0.05, 0.1) is 17.9 Å². The first kappa shape index (κ1) is 19.8. The van der Waals surface area contributed by atoms with Crippen LogP contribution in [0, 0.1) is 6.92 Å². The molecule has 146 valence electrons. The molecule has 0 aliphatic heterocycles. The third-order valence-electron chi connectivity index (χ3n) is 4.02. The van der Waals surface area contributed by atoms with Crippen LogP contribution in [0.5, 0.6) is 5.75 Å². The first-order valence-electron chi connectivity index (χ1n) is 9.10. The predicted octanol–water partition coefficient (Wildman–Crippen LogP) is 3.71. The molecule has 0 spiro atoms. The maximum absolute atomic E-state index is 12.7. The van der Waals surface area contributed by atoms with E-state index >= 15 is 0 Å². The molecule has 0 radical (unpaired) electrons. The molecule has 3 aromatic rings. The minimum absolute atomic E-state index is 0.0438. The molecule has 1 heterocycles. The molecule has 7 heteroatoms. The second-order valence-corrected chi connectivity index (χ2v) is 7.11. The highest BCUT2D eigenvalue weighted by Gasteiger charge is 2.16. The molecule has 0 aliphatic carbocycles. The van der Waals surface area contributed by atoms with Crippen molar-refractivity contribution in [3.63, 3.8) is 0 Å². The summed E-state index contributed by atoms with van der Waals surface area (Å²) < 4.78 is 13.4. The molecule has 0 saturated heterocycles. The zero-order valence-electron chi connectivity index (χ0n) is 16.1. The molecule has 0 aliphatic rings. The summed E-state index contributed by atoms with van der Waals surface area (Å²) in [5, 5.41) is 0. The number of aromatic nitrogens is 1. The Bertz CT molecular complexity index is 1080. The van der Waals surface area contributed by atoms with Crippen LogP contribution in [0.25, 0.3) is 10.2 Å². The summed E-state index contributed by atoms with van der Waals surface area (Å²) in [4.78, 5) is 29.6. The molecular weight excluding hydrogens is 376 g/mol. The molecule has 1 aromatic heterocycles. The normalized spacial score (nSPS) is 11.6. The van der Waals surface area contributed by atoms with Crippen LogP contribution in [-0.4, -0.2) is 29.7 Å². The highest BCUT2D eigenvalue weighted by atomic mass is 32.1. The van der Waals surface area contributed by atoms with Gasteiger partial charge in [-0.1, -0.05) is 35.1 Å². The number of para-hydroxylation sites is 1. The minimum Gasteiger partial charge on any atom is -0.492 e. The standard InChI is InChI=1S/C21H22N2O4S/c1-4-26-16-10-7-11-17-19(16)23(13-18(24)27-5-2)21(28-17)22-20(25)15-9-6-8-14(3)12-15/h6-12H,4-5,13H2,1-3H3. The molecule has 0 saturated carbocycles. The Kier molecular flexibility index (Phi) is 6.26. The number of hydrogen-bond donors (Lipinski definition) is 0. The number of benzene rings is 2. The molecule has 0 atom stereocenters. The summed E-state index contributed by atoms with van der Waals surface area (Å²) in [7, 11) is 0. The Morgan fingerprint density at radius 1 is 1.11 bits per heavy atom. The van der Waals surface area contributed by atoms with E-state index in [1.807, 2.05) is 44.2 Å². The van der Waals surface area contributed by atoms with Crippen LogP contribution in [0.4, 0.5) is 0 Å². The fourth-order valence-corrected chi connectivity index (χ4v) is 3.91. The van der Waals surface area contributed by atoms with E-state index in [1.165, 1.54) is 11.3 Å². The second kappa shape index (κ2) is 8.84. The Morgan fingerprint density at radius 3 is 2.61 bits per heavy atom. The van der Waals surface area contributed by atoms with Crippen LogP contribution in [0.15, 0.2) is 47.5 Å². The first-order chi connectivity index (χ1) is 13.5. The Hall–Kier alpha value is -2.93. The number of ether oxygens (including phenoxy) is 2. The van der Waals surface area contributed by atoms with Gasteiger partial charge in [0.2, 0.25) is 0 Å². The topological polar surface area (TPSA) is 69.9 Å². The van der Waals surface area contributed by atoms with E-state index in [-0.39, 0.29) is 19.1 Å². The molecule has 3 rings (SSSR count). The van der Waals surface area contributed by atoms with E-state index in [2.05, 4.69) is 4.99 Å². The van der Waals surface area contributed by atoms with Gasteiger partial charge < -0.3 is 14.0 Å². The lowest BCUT2D eigenvalue weighted by Gasteiger charge is -2.09. The Balaban J connectivity index is 2.16. The van der Waals surface area contributed by atoms with Gasteiger partial charge in [-0.25, -0.2) is 0 Å². The van der Waals surface area contributed by atoms with Crippen LogP contribution < -0.4 is 9.54 Å². The summed E-state index contributed by atoms with van der Waals surface area (Å²) >= 11 is 1.34. The van der Waals surface area contributed by atoms with Crippen molar-refractivity contribution >= 4 is 33.4 Å². The lowest BCUT2D eigenvalue weighted by atomic mass is 10.1. The fourth-order valence-electron chi connectivity index (χ4n) is 2.87. The molecule has 0 fully saturated rings. The monoisotopic (exact) mass is 398 g/mol. The van der Waals surface area contributed by atoms with E-state index in [0.29, 0.717) is 22.7 Å². The van der Waals surface area contributed by atoms with Gasteiger partial charge in [0.25, 0.3) is 5.91 Å². The summed E-state index contributed by atoms with van der Waals surface area (Å²) in [6.07, 6.45) is 0. The number of hydrogen-bond acceptors (Lipinski definition) is 5. The van der Waals surface area contributed by atoms with Crippen molar-refractivity contribution in [3.05, 3.63) is 58.4 Å². The smallest absolute Gasteiger partial charge is 0.326 e. The molecule has 28 heavy (non-hydrogen) atoms. The fraction of sp³-hybridized carbons (Fsp3) is 0.286. The quantitative estimate of drug-likeness (QED) is 0.594. The van der Waals surface area contributed by atoms with Crippen molar-refractivity contribution in [1.29, 1.82) is 0 Å². The van der Waals surface area contributed by atoms with Gasteiger partial charge in [-0.3, -0.25) is 9.59 Å². The van der Waals surface area contributed by atoms with Gasteiger partial charge in [-0.2, -0.15) is 4.99 Å². The molecular formula is C21H22N2O4S. The Labute approximate surface area is 167 Å². The van der Waals surface area contributed by atoms with Gasteiger partial charge in [-0.15, -0.1) is 0 Å². The van der Waals surface area contributed by atoms with Crippen LogP contribution in [-0.2, 0) is 16.1 Å². The maximum atomic E-state index is 12.7. The van der Waals surface area contributed by atoms with E-state index in [0.717, 1.165) is 15.8 Å². The van der Waals surface area contributed by atoms with Crippen molar-refractivity contribution in [2.24, 2.45) is 4.99 Å². The van der Waals surface area contributed by atoms with Crippen molar-refractivity contribution in [2.75, 3.05) is 13.2 Å². The predicted molar refractivity (Wildman–Crippen MR) is 109 cm³/mol. The van der Waals surface area contributed by atoms with Gasteiger partial charge in [0.15, 0.2) is 4.80 Å². The summed E-state index contributed by atoms with van der Waals surface area (Å²) in [5.41, 5.74) is 2.22. The van der Waals surface area contributed by atoms with Crippen LogP contribution in [0.2, 0.25) is 0 Å². The number of rotatable bonds is 6. The summed E-state index contributed by atoms with van der Waals surface area (Å²) in [5.74, 6) is -0.103. The van der Waals surface area contributed by atoms with E-state index < -0.39 is 5.97 Å². The first-order valence-corrected chi connectivity index (χ1v) is 9.91. The summed E-state index contributed by atoms with van der Waals surface area (Å²) in [6, 6.07) is 12.9. The third-order valence-corrected chi connectivity index (χ3v) is 5.06. The lowest BCUT2D eigenvalue weighted by molar-refractivity contribution is -0.143. The van der Waals surface area contributed by atoms with Crippen molar-refractivity contribution in [3.8, 4) is 5.75 Å². The zero-order chi connectivity index (χ0) is 20.1. The molecule has 0 bridgehead atoms. The number of carbonyl (C=O) groups is 2. The molecule has 2 aromatic carbocycles. The van der Waals surface area contributed by atoms with Crippen molar-refractivity contribution in [2.45, 2.75) is 27.3 Å². The number of aryl methyl sites for hydroxylation is 1. The number of amides is 1. The largest absolute Gasteiger partial charge is 0.492 e. The number of thiazole rings is 1. The van der Waals surface area contributed by atoms with Gasteiger partial charge in [0, 0.05) is 5.56 Å². The van der Waals surface area contributed by atoms with Crippen molar-refractivity contribution < 1.29 is 19.1 Å². The van der Waals surface area contributed by atoms with Crippen LogP contribution >= 0.6 is 11.3 Å². The van der Waals surface area contributed by atoms with Gasteiger partial charge in [0.1, 0.15) is 17.8 Å². The number of nitrogens with zero attached hydrogens (tertiary/aromatic N) is 2. The second-order valence-electron chi connectivity index (χ2n) is 6.10. The number of esters is 1. The van der Waals surface area contributed by atoms with E-state index in [4.69, 9.17) is 9.47 Å². The average Bonchev–Trinajstić information content (AvgIpc) is 3.00. The van der Waals surface area contributed by atoms with Crippen molar-refractivity contribution in [1.82, 2.24) is 4.57 Å². The number of carbonyl (C=O) groups excluding carboxylic acids is 2. The van der Waals surface area contributed by atoms with Crippen LogP contribution in [0.3, 0.4) is 0 Å². The van der Waals surface area contributed by atoms with Gasteiger partial charge >= 0.3 is 5.97 Å². The lowest BCUT2D eigenvalue weighted by Crippen LogP contribution is -2.23. The summed E-state index contributed by atoms with van der Waals surface area (Å²) in [6.45, 7) is 6.31. The maximum Gasteiger partial charge on any atom is 0.326 e. The highest BCUT2D eigenvalue weighted by molar-refractivity contribution is 7.16. The van der Waals surface area contributed by atoms with E-state index in [1.54, 1.807) is 23.6 Å². The molecule has 0 N–H and O–H groups in total. The zero-order valence-corrected chi connectivity index (χ0v) is 16.9. The third kappa shape index (κ3) is 4.31. The number of fused-ring (bicyclic) bond motifs is 1. The average molecular weight is 398 g/mol. The minimum atomic E-state index is -0.391.